The predicted octanol–water partition coefficient (Wildman–Crippen LogP) is 1.54. The van der Waals surface area contributed by atoms with Crippen molar-refractivity contribution in [1.29, 1.82) is 0 Å². The Morgan fingerprint density at radius 1 is 1.29 bits per heavy atom. The van der Waals surface area contributed by atoms with Gasteiger partial charge < -0.3 is 4.74 Å². The largest absolute Gasteiger partial charge is 0.466 e. The van der Waals surface area contributed by atoms with E-state index in [9.17, 15) is 4.79 Å². The van der Waals surface area contributed by atoms with Gasteiger partial charge in [0.1, 0.15) is 0 Å². The number of esters is 1. The molecule has 0 aromatic heterocycles. The molecule has 3 nitrogen and oxygen atoms in total. The van der Waals surface area contributed by atoms with Crippen LogP contribution < -0.4 is 10.4 Å². The van der Waals surface area contributed by atoms with Gasteiger partial charge in [-0.25, -0.2) is 0 Å². The van der Waals surface area contributed by atoms with Gasteiger partial charge in [0.05, 0.1) is 12.5 Å². The minimum atomic E-state index is -0.0212. The van der Waals surface area contributed by atoms with Gasteiger partial charge in [-0.05, 0) is 50.2 Å². The summed E-state index contributed by atoms with van der Waals surface area (Å²) >= 11 is 0. The first-order chi connectivity index (χ1) is 10.2. The molecule has 1 aromatic rings. The molecule has 2 rings (SSSR count). The summed E-state index contributed by atoms with van der Waals surface area (Å²) in [6.07, 6.45) is 6.24. The predicted molar refractivity (Wildman–Crippen MR) is 86.1 cm³/mol. The highest BCUT2D eigenvalue weighted by atomic mass is 16.5. The molecule has 114 valence electrons. The van der Waals surface area contributed by atoms with E-state index < -0.39 is 0 Å². The number of likely N-dealkylation sites (tertiary alicyclic amines) is 1. The molecule has 0 N–H and O–H groups in total. The van der Waals surface area contributed by atoms with Gasteiger partial charge in [0.2, 0.25) is 0 Å². The Labute approximate surface area is 126 Å². The Morgan fingerprint density at radius 3 is 2.57 bits per heavy atom. The minimum Gasteiger partial charge on any atom is -0.466 e. The number of nitrogens with zero attached hydrogens (tertiary/aromatic N) is 1. The summed E-state index contributed by atoms with van der Waals surface area (Å²) in [4.78, 5) is 14.1. The number of ether oxygens (including phenoxy) is 1. The summed E-state index contributed by atoms with van der Waals surface area (Å²) in [6, 6.07) is 8.43. The second-order valence-electron chi connectivity index (χ2n) is 5.45. The second kappa shape index (κ2) is 7.99. The lowest BCUT2D eigenvalue weighted by molar-refractivity contribution is -0.149. The standard InChI is InChI=1S/C18H25NO2/c1-3-15-7-5-6-8-16(15)9-12-19-13-10-17(11-14-19)18(20)21-4-2/h3,5-9,17H,4,10-14H2,1-2H3. The molecule has 0 radical (unpaired) electrons. The van der Waals surface area contributed by atoms with E-state index >= 15 is 0 Å². The Kier molecular flexibility index (Phi) is 6.00. The first kappa shape index (κ1) is 15.8. The van der Waals surface area contributed by atoms with Crippen molar-refractivity contribution in [2.75, 3.05) is 26.2 Å². The Morgan fingerprint density at radius 2 is 1.95 bits per heavy atom. The highest BCUT2D eigenvalue weighted by Crippen LogP contribution is 2.18. The molecule has 0 saturated carbocycles. The topological polar surface area (TPSA) is 29.5 Å². The number of hydrogen-bond acceptors (Lipinski definition) is 3. The highest BCUT2D eigenvalue weighted by molar-refractivity contribution is 5.72. The van der Waals surface area contributed by atoms with Crippen LogP contribution in [-0.2, 0) is 9.53 Å². The molecule has 1 heterocycles. The quantitative estimate of drug-likeness (QED) is 0.787. The fourth-order valence-electron chi connectivity index (χ4n) is 2.80. The zero-order valence-electron chi connectivity index (χ0n) is 13.0. The number of carbonyl (C=O) groups excluding carboxylic acids is 1. The lowest BCUT2D eigenvalue weighted by atomic mass is 9.97. The highest BCUT2D eigenvalue weighted by Gasteiger charge is 2.25. The van der Waals surface area contributed by atoms with E-state index in [-0.39, 0.29) is 11.9 Å². The third-order valence-electron chi connectivity index (χ3n) is 4.08. The number of benzene rings is 1. The van der Waals surface area contributed by atoms with Gasteiger partial charge >= 0.3 is 5.97 Å². The molecule has 3 heteroatoms. The van der Waals surface area contributed by atoms with Gasteiger partial charge in [-0.2, -0.15) is 0 Å². The maximum Gasteiger partial charge on any atom is 0.309 e. The van der Waals surface area contributed by atoms with Crippen molar-refractivity contribution in [3.63, 3.8) is 0 Å². The van der Waals surface area contributed by atoms with Crippen LogP contribution >= 0.6 is 0 Å². The lowest BCUT2D eigenvalue weighted by Crippen LogP contribution is -2.38. The fraction of sp³-hybridized carbons (Fsp3) is 0.500. The van der Waals surface area contributed by atoms with Gasteiger partial charge in [0.25, 0.3) is 0 Å². The zero-order valence-corrected chi connectivity index (χ0v) is 13.0. The van der Waals surface area contributed by atoms with Crippen LogP contribution in [0.5, 0.6) is 0 Å². The summed E-state index contributed by atoms with van der Waals surface area (Å²) in [6.45, 7) is 7.30. The maximum absolute atomic E-state index is 11.7. The van der Waals surface area contributed by atoms with Crippen LogP contribution in [0.15, 0.2) is 24.3 Å². The van der Waals surface area contributed by atoms with E-state index in [1.54, 1.807) is 0 Å². The Hall–Kier alpha value is -1.61. The van der Waals surface area contributed by atoms with E-state index in [0.29, 0.717) is 6.61 Å². The third kappa shape index (κ3) is 4.43. The van der Waals surface area contributed by atoms with Crippen LogP contribution in [-0.4, -0.2) is 37.1 Å². The van der Waals surface area contributed by atoms with Crippen LogP contribution in [0.4, 0.5) is 0 Å². The van der Waals surface area contributed by atoms with E-state index in [2.05, 4.69) is 48.2 Å². The van der Waals surface area contributed by atoms with Crippen LogP contribution in [0.1, 0.15) is 26.7 Å². The average molecular weight is 287 g/mol. The van der Waals surface area contributed by atoms with Gasteiger partial charge in [0, 0.05) is 6.54 Å². The molecule has 21 heavy (non-hydrogen) atoms. The van der Waals surface area contributed by atoms with E-state index in [0.717, 1.165) is 32.5 Å². The molecule has 0 spiro atoms. The lowest BCUT2D eigenvalue weighted by Gasteiger charge is -2.29. The van der Waals surface area contributed by atoms with Crippen molar-refractivity contribution < 1.29 is 9.53 Å². The van der Waals surface area contributed by atoms with Gasteiger partial charge in [-0.15, -0.1) is 0 Å². The smallest absolute Gasteiger partial charge is 0.309 e. The first-order valence-corrected chi connectivity index (χ1v) is 7.85. The molecule has 1 saturated heterocycles. The van der Waals surface area contributed by atoms with Crippen molar-refractivity contribution in [3.05, 3.63) is 34.7 Å². The molecule has 0 bridgehead atoms. The molecule has 1 fully saturated rings. The summed E-state index contributed by atoms with van der Waals surface area (Å²) in [5, 5.41) is 2.56. The summed E-state index contributed by atoms with van der Waals surface area (Å²) in [7, 11) is 0. The third-order valence-corrected chi connectivity index (χ3v) is 4.08. The van der Waals surface area contributed by atoms with Crippen LogP contribution in [0.3, 0.4) is 0 Å². The van der Waals surface area contributed by atoms with Gasteiger partial charge in [0.15, 0.2) is 0 Å². The monoisotopic (exact) mass is 287 g/mol. The van der Waals surface area contributed by atoms with Crippen molar-refractivity contribution >= 4 is 18.1 Å². The van der Waals surface area contributed by atoms with Crippen molar-refractivity contribution in [2.45, 2.75) is 26.7 Å². The number of rotatable bonds is 4. The van der Waals surface area contributed by atoms with E-state index in [4.69, 9.17) is 4.74 Å². The second-order valence-corrected chi connectivity index (χ2v) is 5.45. The molecular weight excluding hydrogens is 262 g/mol. The normalized spacial score (nSPS) is 19.0. The SMILES string of the molecule is CC=c1ccccc1=CCN1CCC(C(=O)OCC)CC1. The Bertz CT molecular complexity index is 571. The molecule has 1 aliphatic heterocycles. The summed E-state index contributed by atoms with van der Waals surface area (Å²) in [5.74, 6) is 0.0736. The van der Waals surface area contributed by atoms with E-state index in [1.807, 2.05) is 6.92 Å². The molecule has 1 aliphatic rings. The Balaban J connectivity index is 1.91. The molecule has 0 aliphatic carbocycles. The van der Waals surface area contributed by atoms with Gasteiger partial charge in [-0.1, -0.05) is 36.4 Å². The van der Waals surface area contributed by atoms with Crippen molar-refractivity contribution in [1.82, 2.24) is 4.90 Å². The summed E-state index contributed by atoms with van der Waals surface area (Å²) < 4.78 is 5.11. The molecule has 0 unspecified atom stereocenters. The number of hydrogen-bond donors (Lipinski definition) is 0. The van der Waals surface area contributed by atoms with Crippen molar-refractivity contribution in [2.24, 2.45) is 5.92 Å². The van der Waals surface area contributed by atoms with E-state index in [1.165, 1.54) is 10.4 Å². The van der Waals surface area contributed by atoms with Crippen LogP contribution in [0.2, 0.25) is 0 Å². The minimum absolute atomic E-state index is 0.0212. The average Bonchev–Trinajstić information content (AvgIpc) is 2.54. The molecular formula is C18H25NO2. The van der Waals surface area contributed by atoms with Crippen molar-refractivity contribution in [3.8, 4) is 0 Å². The number of carbonyl (C=O) groups is 1. The van der Waals surface area contributed by atoms with Crippen LogP contribution in [0.25, 0.3) is 12.2 Å². The molecule has 0 amide bonds. The maximum atomic E-state index is 11.7. The van der Waals surface area contributed by atoms with Crippen LogP contribution in [0, 0.1) is 5.92 Å². The zero-order chi connectivity index (χ0) is 15.1. The first-order valence-electron chi connectivity index (χ1n) is 7.85. The van der Waals surface area contributed by atoms with Gasteiger partial charge in [-0.3, -0.25) is 9.69 Å². The molecule has 1 aromatic carbocycles. The molecule has 0 atom stereocenters. The number of piperidine rings is 1. The fourth-order valence-corrected chi connectivity index (χ4v) is 2.80. The summed E-state index contributed by atoms with van der Waals surface area (Å²) in [5.41, 5.74) is 0.